The molecule has 0 spiro atoms. The van der Waals surface area contributed by atoms with Crippen LogP contribution in [0.4, 0.5) is 0 Å². The van der Waals surface area contributed by atoms with Gasteiger partial charge in [0.2, 0.25) is 5.91 Å². The van der Waals surface area contributed by atoms with Gasteiger partial charge in [0.15, 0.2) is 0 Å². The maximum atomic E-state index is 12.1. The Kier molecular flexibility index (Phi) is 3.94. The van der Waals surface area contributed by atoms with Crippen molar-refractivity contribution in [1.82, 2.24) is 15.1 Å². The number of nitrogens with zero attached hydrogens (tertiary/aromatic N) is 2. The second-order valence-electron chi connectivity index (χ2n) is 4.57. The van der Waals surface area contributed by atoms with Crippen LogP contribution in [-0.2, 0) is 11.3 Å². The van der Waals surface area contributed by atoms with Crippen LogP contribution in [0.3, 0.4) is 0 Å². The van der Waals surface area contributed by atoms with Crippen molar-refractivity contribution in [1.29, 1.82) is 0 Å². The number of aromatic nitrogens is 2. The summed E-state index contributed by atoms with van der Waals surface area (Å²) in [6.45, 7) is 3.87. The lowest BCUT2D eigenvalue weighted by Crippen LogP contribution is -2.37. The first-order chi connectivity index (χ1) is 9.11. The van der Waals surface area contributed by atoms with E-state index in [4.69, 9.17) is 0 Å². The van der Waals surface area contributed by atoms with Crippen molar-refractivity contribution >= 4 is 16.7 Å². The van der Waals surface area contributed by atoms with Crippen LogP contribution in [0.2, 0.25) is 0 Å². The first-order valence-electron chi connectivity index (χ1n) is 6.36. The molecule has 0 bridgehead atoms. The Morgan fingerprint density at radius 2 is 2.16 bits per heavy atom. The number of hydrogen-bond acceptors (Lipinski definition) is 3. The fraction of sp³-hybridized carbons (Fsp3) is 0.357. The van der Waals surface area contributed by atoms with E-state index in [1.54, 1.807) is 18.3 Å². The van der Waals surface area contributed by atoms with Gasteiger partial charge in [-0.1, -0.05) is 25.1 Å². The maximum Gasteiger partial charge on any atom is 0.275 e. The Balaban J connectivity index is 2.24. The molecule has 0 unspecified atom stereocenters. The highest BCUT2D eigenvalue weighted by molar-refractivity contribution is 5.81. The Hall–Kier alpha value is -2.17. The molecule has 1 aromatic carbocycles. The Morgan fingerprint density at radius 3 is 2.89 bits per heavy atom. The maximum absolute atomic E-state index is 12.1. The summed E-state index contributed by atoms with van der Waals surface area (Å²) in [5.74, 6) is -0.195. The van der Waals surface area contributed by atoms with E-state index in [1.807, 2.05) is 26.0 Å². The Morgan fingerprint density at radius 1 is 1.42 bits per heavy atom. The third-order valence-electron chi connectivity index (χ3n) is 3.07. The van der Waals surface area contributed by atoms with Crippen molar-refractivity contribution in [2.75, 3.05) is 0 Å². The van der Waals surface area contributed by atoms with Crippen LogP contribution in [0.5, 0.6) is 0 Å². The first kappa shape index (κ1) is 13.3. The first-order valence-corrected chi connectivity index (χ1v) is 6.36. The molecule has 100 valence electrons. The van der Waals surface area contributed by atoms with Gasteiger partial charge in [-0.25, -0.2) is 4.68 Å². The number of hydrogen-bond donors (Lipinski definition) is 1. The highest BCUT2D eigenvalue weighted by Crippen LogP contribution is 2.06. The van der Waals surface area contributed by atoms with Crippen molar-refractivity contribution in [3.05, 3.63) is 40.8 Å². The fourth-order valence-corrected chi connectivity index (χ4v) is 1.80. The van der Waals surface area contributed by atoms with Gasteiger partial charge in [0.05, 0.1) is 11.6 Å². The smallest absolute Gasteiger partial charge is 0.275 e. The molecule has 2 aromatic rings. The van der Waals surface area contributed by atoms with Gasteiger partial charge in [0.1, 0.15) is 6.54 Å². The number of benzene rings is 1. The van der Waals surface area contributed by atoms with Crippen LogP contribution in [0.15, 0.2) is 35.3 Å². The molecule has 0 radical (unpaired) electrons. The summed E-state index contributed by atoms with van der Waals surface area (Å²) < 4.78 is 1.19. The van der Waals surface area contributed by atoms with Crippen LogP contribution < -0.4 is 10.9 Å². The quantitative estimate of drug-likeness (QED) is 0.900. The van der Waals surface area contributed by atoms with Crippen molar-refractivity contribution in [3.63, 3.8) is 0 Å². The number of amides is 1. The number of nitrogens with one attached hydrogen (secondary N) is 1. The molecule has 1 atom stereocenters. The molecule has 0 saturated carbocycles. The zero-order valence-corrected chi connectivity index (χ0v) is 11.1. The predicted molar refractivity (Wildman–Crippen MR) is 73.9 cm³/mol. The summed E-state index contributed by atoms with van der Waals surface area (Å²) in [5.41, 5.74) is -0.239. The third-order valence-corrected chi connectivity index (χ3v) is 3.07. The molecule has 0 fully saturated rings. The second-order valence-corrected chi connectivity index (χ2v) is 4.57. The molecule has 0 aliphatic heterocycles. The fourth-order valence-electron chi connectivity index (χ4n) is 1.80. The van der Waals surface area contributed by atoms with E-state index < -0.39 is 0 Å². The van der Waals surface area contributed by atoms with Gasteiger partial charge < -0.3 is 5.32 Å². The lowest BCUT2D eigenvalue weighted by Gasteiger charge is -2.11. The largest absolute Gasteiger partial charge is 0.352 e. The monoisotopic (exact) mass is 259 g/mol. The van der Waals surface area contributed by atoms with Gasteiger partial charge in [-0.05, 0) is 19.4 Å². The molecular formula is C14H17N3O2. The molecular weight excluding hydrogens is 242 g/mol. The van der Waals surface area contributed by atoms with Crippen molar-refractivity contribution < 1.29 is 4.79 Å². The molecule has 5 heteroatoms. The molecule has 0 aliphatic rings. The average Bonchev–Trinajstić information content (AvgIpc) is 2.42. The number of fused-ring (bicyclic) bond motifs is 1. The standard InChI is InChI=1S/C14H17N3O2/c1-3-10(2)16-13(18)9-17-14(19)12-7-5-4-6-11(12)8-15-17/h4-8,10H,3,9H2,1-2H3,(H,16,18)/t10-/m1/s1. The van der Waals surface area contributed by atoms with Gasteiger partial charge in [-0.15, -0.1) is 0 Å². The number of carbonyl (C=O) groups excluding carboxylic acids is 1. The molecule has 5 nitrogen and oxygen atoms in total. The van der Waals surface area contributed by atoms with E-state index in [1.165, 1.54) is 4.68 Å². The minimum atomic E-state index is -0.239. The molecule has 1 amide bonds. The number of carbonyl (C=O) groups is 1. The van der Waals surface area contributed by atoms with Crippen LogP contribution >= 0.6 is 0 Å². The highest BCUT2D eigenvalue weighted by Gasteiger charge is 2.09. The van der Waals surface area contributed by atoms with Crippen LogP contribution in [0.25, 0.3) is 10.8 Å². The summed E-state index contributed by atoms with van der Waals surface area (Å²) >= 11 is 0. The van der Waals surface area contributed by atoms with Crippen molar-refractivity contribution in [2.24, 2.45) is 0 Å². The summed E-state index contributed by atoms with van der Waals surface area (Å²) in [5, 5.41) is 8.20. The SMILES string of the molecule is CC[C@@H](C)NC(=O)Cn1ncc2ccccc2c1=O. The van der Waals surface area contributed by atoms with Gasteiger partial charge in [-0.2, -0.15) is 5.10 Å². The van der Waals surface area contributed by atoms with Crippen LogP contribution in [0.1, 0.15) is 20.3 Å². The van der Waals surface area contributed by atoms with E-state index in [0.717, 1.165) is 11.8 Å². The molecule has 1 aromatic heterocycles. The summed E-state index contributed by atoms with van der Waals surface area (Å²) in [7, 11) is 0. The summed E-state index contributed by atoms with van der Waals surface area (Å²) in [6, 6.07) is 7.32. The number of rotatable bonds is 4. The van der Waals surface area contributed by atoms with E-state index in [9.17, 15) is 9.59 Å². The zero-order valence-electron chi connectivity index (χ0n) is 11.1. The van der Waals surface area contributed by atoms with Crippen LogP contribution in [-0.4, -0.2) is 21.7 Å². The lowest BCUT2D eigenvalue weighted by atomic mass is 10.2. The molecule has 1 N–H and O–H groups in total. The van der Waals surface area contributed by atoms with Gasteiger partial charge in [-0.3, -0.25) is 9.59 Å². The second kappa shape index (κ2) is 5.65. The van der Waals surface area contributed by atoms with E-state index >= 15 is 0 Å². The van der Waals surface area contributed by atoms with Gasteiger partial charge in [0.25, 0.3) is 5.56 Å². The van der Waals surface area contributed by atoms with Crippen molar-refractivity contribution in [3.8, 4) is 0 Å². The van der Waals surface area contributed by atoms with Gasteiger partial charge in [0, 0.05) is 11.4 Å². The summed E-state index contributed by atoms with van der Waals surface area (Å²) in [6.07, 6.45) is 2.46. The zero-order chi connectivity index (χ0) is 13.8. The molecule has 1 heterocycles. The minimum absolute atomic E-state index is 0.0476. The van der Waals surface area contributed by atoms with E-state index in [0.29, 0.717) is 5.39 Å². The van der Waals surface area contributed by atoms with Crippen molar-refractivity contribution in [2.45, 2.75) is 32.9 Å². The minimum Gasteiger partial charge on any atom is -0.352 e. The third kappa shape index (κ3) is 2.99. The average molecular weight is 259 g/mol. The molecule has 2 rings (SSSR count). The molecule has 19 heavy (non-hydrogen) atoms. The summed E-state index contributed by atoms with van der Waals surface area (Å²) in [4.78, 5) is 23.9. The Bertz CT molecular complexity index is 648. The molecule has 0 aliphatic carbocycles. The molecule has 0 saturated heterocycles. The van der Waals surface area contributed by atoms with Gasteiger partial charge >= 0.3 is 0 Å². The lowest BCUT2D eigenvalue weighted by molar-refractivity contribution is -0.122. The topological polar surface area (TPSA) is 64.0 Å². The van der Waals surface area contributed by atoms with Crippen LogP contribution in [0, 0.1) is 0 Å². The normalized spacial score (nSPS) is 12.3. The Labute approximate surface area is 111 Å². The van der Waals surface area contributed by atoms with E-state index in [2.05, 4.69) is 10.4 Å². The highest BCUT2D eigenvalue weighted by atomic mass is 16.2. The van der Waals surface area contributed by atoms with E-state index in [-0.39, 0.29) is 24.1 Å². The predicted octanol–water partition coefficient (Wildman–Crippen LogP) is 1.31.